The second-order valence-corrected chi connectivity index (χ2v) is 7.66. The Bertz CT molecular complexity index is 811. The second-order valence-electron chi connectivity index (χ2n) is 6.46. The highest BCUT2D eigenvalue weighted by atomic mass is 32.1. The number of hydrogen-bond acceptors (Lipinski definition) is 5. The van der Waals surface area contributed by atoms with Gasteiger partial charge >= 0.3 is 6.18 Å². The highest BCUT2D eigenvalue weighted by Gasteiger charge is 2.30. The largest absolute Gasteiger partial charge is 0.491 e. The number of aromatic nitrogens is 1. The number of rotatable bonds is 10. The van der Waals surface area contributed by atoms with Crippen LogP contribution in [0.25, 0.3) is 0 Å². The third-order valence-electron chi connectivity index (χ3n) is 3.99. The summed E-state index contributed by atoms with van der Waals surface area (Å²) in [6, 6.07) is 4.56. The Labute approximate surface area is 178 Å². The molecule has 0 bridgehead atoms. The number of ether oxygens (including phenoxy) is 1. The molecule has 2 rings (SSSR count). The van der Waals surface area contributed by atoms with E-state index in [1.807, 2.05) is 13.1 Å². The first-order chi connectivity index (χ1) is 14.3. The fourth-order valence-corrected chi connectivity index (χ4v) is 3.32. The summed E-state index contributed by atoms with van der Waals surface area (Å²) in [5, 5.41) is 17.4. The number of aliphatic imine (C=N–C) groups is 1. The Kier molecular flexibility index (Phi) is 9.38. The van der Waals surface area contributed by atoms with Crippen molar-refractivity contribution in [2.24, 2.45) is 4.99 Å². The van der Waals surface area contributed by atoms with E-state index in [1.54, 1.807) is 11.3 Å². The van der Waals surface area contributed by atoms with Gasteiger partial charge in [-0.2, -0.15) is 13.2 Å². The van der Waals surface area contributed by atoms with Gasteiger partial charge in [-0.05, 0) is 31.5 Å². The lowest BCUT2D eigenvalue weighted by Crippen LogP contribution is -2.39. The molecule has 2 aromatic rings. The second kappa shape index (κ2) is 11.8. The standard InChI is InChI=1S/C20H27F3N4O2S/c1-3-17-12-26-18(30-17)8-9-25-19(24-4-2)27-11-15(28)13-29-16-7-5-6-14(10-16)20(21,22)23/h5-7,10,12,15,28H,3-4,8-9,11,13H2,1-2H3,(H2,24,25,27). The quantitative estimate of drug-likeness (QED) is 0.387. The summed E-state index contributed by atoms with van der Waals surface area (Å²) in [5.41, 5.74) is -0.794. The number of nitrogens with one attached hydrogen (secondary N) is 2. The van der Waals surface area contributed by atoms with E-state index in [4.69, 9.17) is 4.74 Å². The normalized spacial score (nSPS) is 13.2. The van der Waals surface area contributed by atoms with Crippen LogP contribution in [0.15, 0.2) is 35.5 Å². The molecule has 0 aliphatic rings. The van der Waals surface area contributed by atoms with Gasteiger partial charge in [0.05, 0.1) is 17.1 Å². The smallest absolute Gasteiger partial charge is 0.416 e. The lowest BCUT2D eigenvalue weighted by atomic mass is 10.2. The molecule has 1 unspecified atom stereocenters. The molecule has 0 spiro atoms. The lowest BCUT2D eigenvalue weighted by molar-refractivity contribution is -0.137. The predicted octanol–water partition coefficient (Wildman–Crippen LogP) is 3.26. The van der Waals surface area contributed by atoms with E-state index < -0.39 is 17.8 Å². The molecule has 1 atom stereocenters. The number of aliphatic hydroxyl groups is 1. The highest BCUT2D eigenvalue weighted by molar-refractivity contribution is 7.11. The Morgan fingerprint density at radius 3 is 2.77 bits per heavy atom. The van der Waals surface area contributed by atoms with Gasteiger partial charge in [-0.3, -0.25) is 4.99 Å². The van der Waals surface area contributed by atoms with Crippen molar-refractivity contribution in [1.82, 2.24) is 15.6 Å². The zero-order valence-corrected chi connectivity index (χ0v) is 17.8. The van der Waals surface area contributed by atoms with E-state index in [2.05, 4.69) is 27.5 Å². The van der Waals surface area contributed by atoms with Crippen molar-refractivity contribution in [3.8, 4) is 5.75 Å². The van der Waals surface area contributed by atoms with E-state index in [0.29, 0.717) is 19.0 Å². The van der Waals surface area contributed by atoms with Crippen molar-refractivity contribution in [2.45, 2.75) is 39.0 Å². The van der Waals surface area contributed by atoms with E-state index >= 15 is 0 Å². The molecule has 0 radical (unpaired) electrons. The maximum atomic E-state index is 12.7. The van der Waals surface area contributed by atoms with Crippen molar-refractivity contribution < 1.29 is 23.0 Å². The molecule has 30 heavy (non-hydrogen) atoms. The maximum absolute atomic E-state index is 12.7. The van der Waals surface area contributed by atoms with Crippen LogP contribution >= 0.6 is 11.3 Å². The van der Waals surface area contributed by atoms with Gasteiger partial charge in [0, 0.05) is 30.6 Å². The fourth-order valence-electron chi connectivity index (χ4n) is 2.46. The van der Waals surface area contributed by atoms with Crippen LogP contribution in [0.5, 0.6) is 5.75 Å². The minimum Gasteiger partial charge on any atom is -0.491 e. The van der Waals surface area contributed by atoms with Gasteiger partial charge in [0.15, 0.2) is 5.96 Å². The van der Waals surface area contributed by atoms with Gasteiger partial charge in [-0.15, -0.1) is 11.3 Å². The summed E-state index contributed by atoms with van der Waals surface area (Å²) in [4.78, 5) is 9.92. The van der Waals surface area contributed by atoms with E-state index in [0.717, 1.165) is 30.0 Å². The van der Waals surface area contributed by atoms with Crippen LogP contribution in [0.3, 0.4) is 0 Å². The molecule has 10 heteroatoms. The summed E-state index contributed by atoms with van der Waals surface area (Å²) < 4.78 is 43.5. The molecule has 0 aliphatic heterocycles. The Hall–Kier alpha value is -2.33. The molecule has 1 aromatic carbocycles. The first-order valence-corrected chi connectivity index (χ1v) is 10.6. The first kappa shape index (κ1) is 23.9. The van der Waals surface area contributed by atoms with Crippen LogP contribution < -0.4 is 15.4 Å². The van der Waals surface area contributed by atoms with E-state index in [-0.39, 0.29) is 18.9 Å². The number of thiazole rings is 1. The Morgan fingerprint density at radius 2 is 2.10 bits per heavy atom. The van der Waals surface area contributed by atoms with Crippen LogP contribution in [-0.4, -0.2) is 48.4 Å². The number of hydrogen-bond donors (Lipinski definition) is 3. The number of guanidine groups is 1. The Balaban J connectivity index is 1.80. The molecular formula is C20H27F3N4O2S. The topological polar surface area (TPSA) is 78.8 Å². The van der Waals surface area contributed by atoms with E-state index in [9.17, 15) is 18.3 Å². The molecule has 1 aromatic heterocycles. The molecule has 0 saturated heterocycles. The van der Waals surface area contributed by atoms with Crippen molar-refractivity contribution in [1.29, 1.82) is 0 Å². The molecule has 166 valence electrons. The van der Waals surface area contributed by atoms with Crippen molar-refractivity contribution >= 4 is 17.3 Å². The summed E-state index contributed by atoms with van der Waals surface area (Å²) in [7, 11) is 0. The van der Waals surface area contributed by atoms with Crippen LogP contribution in [0.4, 0.5) is 13.2 Å². The molecule has 3 N–H and O–H groups in total. The van der Waals surface area contributed by atoms with Gasteiger partial charge in [0.25, 0.3) is 0 Å². The number of aliphatic hydroxyl groups excluding tert-OH is 1. The molecule has 0 aliphatic carbocycles. The zero-order valence-electron chi connectivity index (χ0n) is 17.0. The van der Waals surface area contributed by atoms with Gasteiger partial charge in [0.2, 0.25) is 0 Å². The monoisotopic (exact) mass is 444 g/mol. The number of alkyl halides is 3. The molecule has 0 fully saturated rings. The molecule has 0 saturated carbocycles. The molecule has 6 nitrogen and oxygen atoms in total. The van der Waals surface area contributed by atoms with Crippen molar-refractivity contribution in [2.75, 3.05) is 26.2 Å². The minimum atomic E-state index is -4.44. The maximum Gasteiger partial charge on any atom is 0.416 e. The third-order valence-corrected chi connectivity index (χ3v) is 5.19. The number of benzene rings is 1. The summed E-state index contributed by atoms with van der Waals surface area (Å²) >= 11 is 1.68. The molecular weight excluding hydrogens is 417 g/mol. The fraction of sp³-hybridized carbons (Fsp3) is 0.500. The van der Waals surface area contributed by atoms with Crippen LogP contribution in [0, 0.1) is 0 Å². The third kappa shape index (κ3) is 8.19. The van der Waals surface area contributed by atoms with Crippen molar-refractivity contribution in [3.05, 3.63) is 45.9 Å². The Morgan fingerprint density at radius 1 is 1.30 bits per heavy atom. The predicted molar refractivity (Wildman–Crippen MR) is 112 cm³/mol. The van der Waals surface area contributed by atoms with Crippen LogP contribution in [0.1, 0.15) is 29.3 Å². The lowest BCUT2D eigenvalue weighted by Gasteiger charge is -2.14. The van der Waals surface area contributed by atoms with Gasteiger partial charge in [-0.25, -0.2) is 4.98 Å². The van der Waals surface area contributed by atoms with Crippen molar-refractivity contribution in [3.63, 3.8) is 0 Å². The van der Waals surface area contributed by atoms with Crippen LogP contribution in [-0.2, 0) is 19.0 Å². The SMILES string of the molecule is CCNC(=NCC(O)COc1cccc(C(F)(F)F)c1)NCCc1ncc(CC)s1. The van der Waals surface area contributed by atoms with Gasteiger partial charge in [0.1, 0.15) is 18.5 Å². The number of nitrogens with zero attached hydrogens (tertiary/aromatic N) is 2. The summed E-state index contributed by atoms with van der Waals surface area (Å²) in [5.74, 6) is 0.593. The molecule has 0 amide bonds. The minimum absolute atomic E-state index is 0.0472. The zero-order chi connectivity index (χ0) is 22.0. The summed E-state index contributed by atoms with van der Waals surface area (Å²) in [6.07, 6.45) is -1.78. The number of aryl methyl sites for hydroxylation is 1. The van der Waals surface area contributed by atoms with E-state index in [1.165, 1.54) is 17.0 Å². The summed E-state index contributed by atoms with van der Waals surface area (Å²) in [6.45, 7) is 5.19. The average Bonchev–Trinajstić information content (AvgIpc) is 3.18. The molecule has 1 heterocycles. The van der Waals surface area contributed by atoms with Gasteiger partial charge < -0.3 is 20.5 Å². The van der Waals surface area contributed by atoms with Gasteiger partial charge in [-0.1, -0.05) is 13.0 Å². The number of halogens is 3. The highest BCUT2D eigenvalue weighted by Crippen LogP contribution is 2.31. The van der Waals surface area contributed by atoms with Crippen LogP contribution in [0.2, 0.25) is 0 Å². The average molecular weight is 445 g/mol. The first-order valence-electron chi connectivity index (χ1n) is 9.75.